The summed E-state index contributed by atoms with van der Waals surface area (Å²) in [6.45, 7) is 4.98. The predicted molar refractivity (Wildman–Crippen MR) is 70.1 cm³/mol. The van der Waals surface area contributed by atoms with Gasteiger partial charge in [-0.2, -0.15) is 0 Å². The van der Waals surface area contributed by atoms with Crippen LogP contribution in [0.3, 0.4) is 0 Å². The summed E-state index contributed by atoms with van der Waals surface area (Å²) in [5.74, 6) is 0.798. The van der Waals surface area contributed by atoms with Crippen LogP contribution in [-0.4, -0.2) is 36.6 Å². The first kappa shape index (κ1) is 13.9. The zero-order chi connectivity index (χ0) is 12.8. The number of nitrogens with two attached hydrogens (primary N) is 1. The van der Waals surface area contributed by atoms with Gasteiger partial charge >= 0.3 is 0 Å². The van der Waals surface area contributed by atoms with Crippen molar-refractivity contribution in [2.24, 2.45) is 5.73 Å². The Bertz CT molecular complexity index is 324. The summed E-state index contributed by atoms with van der Waals surface area (Å²) in [5.41, 5.74) is 6.82. The monoisotopic (exact) mass is 237 g/mol. The number of rotatable bonds is 6. The van der Waals surface area contributed by atoms with Crippen LogP contribution in [0.15, 0.2) is 18.3 Å². The van der Waals surface area contributed by atoms with E-state index in [4.69, 9.17) is 10.5 Å². The highest BCUT2D eigenvalue weighted by Gasteiger charge is 2.07. The molecule has 1 aromatic heterocycles. The molecule has 1 rings (SSSR count). The van der Waals surface area contributed by atoms with Crippen molar-refractivity contribution >= 4 is 0 Å². The van der Waals surface area contributed by atoms with Crippen molar-refractivity contribution in [1.29, 1.82) is 0 Å². The molecule has 4 nitrogen and oxygen atoms in total. The molecule has 0 aliphatic carbocycles. The van der Waals surface area contributed by atoms with Gasteiger partial charge in [-0.15, -0.1) is 0 Å². The molecule has 0 saturated carbocycles. The second-order valence-corrected chi connectivity index (χ2v) is 4.62. The van der Waals surface area contributed by atoms with Crippen LogP contribution in [0.25, 0.3) is 0 Å². The smallest absolute Gasteiger partial charge is 0.138 e. The molecule has 0 spiro atoms. The van der Waals surface area contributed by atoms with E-state index in [0.29, 0.717) is 0 Å². The fourth-order valence-electron chi connectivity index (χ4n) is 1.67. The number of likely N-dealkylation sites (N-methyl/N-ethyl adjacent to an activating group) is 1. The van der Waals surface area contributed by atoms with E-state index in [1.54, 1.807) is 6.20 Å². The first-order valence-corrected chi connectivity index (χ1v) is 6.05. The molecular weight excluding hydrogens is 214 g/mol. The molecule has 0 aliphatic heterocycles. The van der Waals surface area contributed by atoms with Gasteiger partial charge < -0.3 is 15.4 Å². The third-order valence-electron chi connectivity index (χ3n) is 2.54. The van der Waals surface area contributed by atoms with Gasteiger partial charge in [0.2, 0.25) is 0 Å². The minimum atomic E-state index is 0.0169. The maximum absolute atomic E-state index is 5.90. The van der Waals surface area contributed by atoms with Crippen molar-refractivity contribution in [2.75, 3.05) is 20.6 Å². The van der Waals surface area contributed by atoms with E-state index in [-0.39, 0.29) is 12.1 Å². The SMILES string of the molecule is CC[C@H](N)c1ccc(OC(C)CN(C)C)cn1. The average molecular weight is 237 g/mol. The Kier molecular flexibility index (Phi) is 5.38. The van der Waals surface area contributed by atoms with Crippen molar-refractivity contribution in [1.82, 2.24) is 9.88 Å². The summed E-state index contributed by atoms with van der Waals surface area (Å²) in [7, 11) is 4.06. The van der Waals surface area contributed by atoms with Crippen LogP contribution in [-0.2, 0) is 0 Å². The van der Waals surface area contributed by atoms with E-state index in [9.17, 15) is 0 Å². The second kappa shape index (κ2) is 6.57. The normalized spacial score (nSPS) is 14.7. The minimum Gasteiger partial charge on any atom is -0.488 e. The van der Waals surface area contributed by atoms with Gasteiger partial charge in [0.05, 0.1) is 11.9 Å². The maximum atomic E-state index is 5.90. The zero-order valence-electron chi connectivity index (χ0n) is 11.2. The fourth-order valence-corrected chi connectivity index (χ4v) is 1.67. The lowest BCUT2D eigenvalue weighted by Crippen LogP contribution is -2.28. The number of hydrogen-bond donors (Lipinski definition) is 1. The van der Waals surface area contributed by atoms with E-state index in [1.165, 1.54) is 0 Å². The van der Waals surface area contributed by atoms with Crippen molar-refractivity contribution in [3.05, 3.63) is 24.0 Å². The van der Waals surface area contributed by atoms with Gasteiger partial charge in [0.25, 0.3) is 0 Å². The number of ether oxygens (including phenoxy) is 1. The molecule has 17 heavy (non-hydrogen) atoms. The third-order valence-corrected chi connectivity index (χ3v) is 2.54. The van der Waals surface area contributed by atoms with E-state index in [2.05, 4.69) is 16.8 Å². The van der Waals surface area contributed by atoms with Crippen molar-refractivity contribution in [2.45, 2.75) is 32.4 Å². The van der Waals surface area contributed by atoms with E-state index in [0.717, 1.165) is 24.4 Å². The molecule has 0 aliphatic rings. The summed E-state index contributed by atoms with van der Waals surface area (Å²) >= 11 is 0. The lowest BCUT2D eigenvalue weighted by Gasteiger charge is -2.18. The van der Waals surface area contributed by atoms with Crippen molar-refractivity contribution < 1.29 is 4.74 Å². The van der Waals surface area contributed by atoms with Gasteiger partial charge in [0.1, 0.15) is 11.9 Å². The number of aromatic nitrogens is 1. The minimum absolute atomic E-state index is 0.0169. The molecule has 2 N–H and O–H groups in total. The highest BCUT2D eigenvalue weighted by atomic mass is 16.5. The predicted octanol–water partition coefficient (Wildman–Crippen LogP) is 1.82. The quantitative estimate of drug-likeness (QED) is 0.820. The van der Waals surface area contributed by atoms with Crippen LogP contribution >= 0.6 is 0 Å². The molecule has 1 unspecified atom stereocenters. The van der Waals surface area contributed by atoms with Crippen LogP contribution in [0.4, 0.5) is 0 Å². The van der Waals surface area contributed by atoms with E-state index in [1.807, 2.05) is 33.2 Å². The molecule has 0 radical (unpaired) electrons. The Labute approximate surface area is 104 Å². The maximum Gasteiger partial charge on any atom is 0.138 e. The summed E-state index contributed by atoms with van der Waals surface area (Å²) in [5, 5.41) is 0. The summed E-state index contributed by atoms with van der Waals surface area (Å²) in [6, 6.07) is 3.89. The molecule has 1 heterocycles. The summed E-state index contributed by atoms with van der Waals surface area (Å²) < 4.78 is 5.75. The largest absolute Gasteiger partial charge is 0.488 e. The summed E-state index contributed by atoms with van der Waals surface area (Å²) in [6.07, 6.45) is 2.79. The molecule has 0 aromatic carbocycles. The van der Waals surface area contributed by atoms with Gasteiger partial charge in [0.15, 0.2) is 0 Å². The molecule has 0 fully saturated rings. The highest BCUT2D eigenvalue weighted by Crippen LogP contribution is 2.16. The van der Waals surface area contributed by atoms with Crippen LogP contribution in [0.2, 0.25) is 0 Å². The molecule has 0 saturated heterocycles. The number of nitrogens with zero attached hydrogens (tertiary/aromatic N) is 2. The van der Waals surface area contributed by atoms with E-state index >= 15 is 0 Å². The van der Waals surface area contributed by atoms with E-state index < -0.39 is 0 Å². The van der Waals surface area contributed by atoms with Crippen molar-refractivity contribution in [3.8, 4) is 5.75 Å². The van der Waals surface area contributed by atoms with Crippen LogP contribution in [0.5, 0.6) is 5.75 Å². The fraction of sp³-hybridized carbons (Fsp3) is 0.615. The Morgan fingerprint density at radius 2 is 2.12 bits per heavy atom. The molecule has 0 amide bonds. The molecule has 4 heteroatoms. The van der Waals surface area contributed by atoms with Gasteiger partial charge in [-0.3, -0.25) is 4.98 Å². The van der Waals surface area contributed by atoms with Crippen LogP contribution < -0.4 is 10.5 Å². The number of hydrogen-bond acceptors (Lipinski definition) is 4. The van der Waals surface area contributed by atoms with Gasteiger partial charge in [-0.1, -0.05) is 6.92 Å². The van der Waals surface area contributed by atoms with Gasteiger partial charge in [0, 0.05) is 12.6 Å². The van der Waals surface area contributed by atoms with Crippen LogP contribution in [0, 0.1) is 0 Å². The molecule has 0 bridgehead atoms. The van der Waals surface area contributed by atoms with Crippen molar-refractivity contribution in [3.63, 3.8) is 0 Å². The lowest BCUT2D eigenvalue weighted by atomic mass is 10.1. The van der Waals surface area contributed by atoms with Crippen LogP contribution in [0.1, 0.15) is 32.0 Å². The standard InChI is InChI=1S/C13H23N3O/c1-5-12(14)13-7-6-11(8-15-13)17-10(2)9-16(3)4/h6-8,10,12H,5,9,14H2,1-4H3/t10?,12-/m0/s1. The van der Waals surface area contributed by atoms with Gasteiger partial charge in [-0.05, 0) is 39.6 Å². The number of pyridine rings is 1. The summed E-state index contributed by atoms with van der Waals surface area (Å²) in [4.78, 5) is 6.41. The van der Waals surface area contributed by atoms with Gasteiger partial charge in [-0.25, -0.2) is 0 Å². The third kappa shape index (κ3) is 4.71. The first-order chi connectivity index (χ1) is 8.02. The molecule has 2 atom stereocenters. The Morgan fingerprint density at radius 1 is 1.41 bits per heavy atom. The molecule has 1 aromatic rings. The Balaban J connectivity index is 2.56. The second-order valence-electron chi connectivity index (χ2n) is 4.62. The Hall–Kier alpha value is -1.13. The molecule has 96 valence electrons. The average Bonchev–Trinajstić information content (AvgIpc) is 2.28. The zero-order valence-corrected chi connectivity index (χ0v) is 11.2. The molecular formula is C13H23N3O. The topological polar surface area (TPSA) is 51.4 Å². The Morgan fingerprint density at radius 3 is 2.59 bits per heavy atom. The first-order valence-electron chi connectivity index (χ1n) is 6.05. The highest BCUT2D eigenvalue weighted by molar-refractivity contribution is 5.21. The lowest BCUT2D eigenvalue weighted by molar-refractivity contribution is 0.176.